The third-order valence-corrected chi connectivity index (χ3v) is 4.01. The van der Waals surface area contributed by atoms with Gasteiger partial charge in [-0.2, -0.15) is 5.10 Å². The van der Waals surface area contributed by atoms with Gasteiger partial charge in [-0.15, -0.1) is 0 Å². The predicted octanol–water partition coefficient (Wildman–Crippen LogP) is 2.57. The Hall–Kier alpha value is -1.56. The number of nitrogens with zero attached hydrogens (tertiary/aromatic N) is 3. The Morgan fingerprint density at radius 1 is 1.48 bits per heavy atom. The Morgan fingerprint density at radius 2 is 2.24 bits per heavy atom. The summed E-state index contributed by atoms with van der Waals surface area (Å²) in [6.45, 7) is 2.13. The SMILES string of the molecule is COCCn1cc(NC(=O)N(C)CC2CCCCC2)cn1. The van der Waals surface area contributed by atoms with Crippen molar-refractivity contribution in [1.82, 2.24) is 14.7 Å². The molecule has 0 bridgehead atoms. The molecule has 1 heterocycles. The Bertz CT molecular complexity index is 441. The zero-order chi connectivity index (χ0) is 15.1. The van der Waals surface area contributed by atoms with Gasteiger partial charge in [0.25, 0.3) is 0 Å². The summed E-state index contributed by atoms with van der Waals surface area (Å²) in [6.07, 6.45) is 9.92. The van der Waals surface area contributed by atoms with Crippen LogP contribution in [0.25, 0.3) is 0 Å². The van der Waals surface area contributed by atoms with E-state index in [4.69, 9.17) is 4.74 Å². The van der Waals surface area contributed by atoms with Crippen LogP contribution in [0.2, 0.25) is 0 Å². The second-order valence-electron chi connectivity index (χ2n) is 5.80. The van der Waals surface area contributed by atoms with Crippen LogP contribution in [0, 0.1) is 5.92 Å². The first kappa shape index (κ1) is 15.8. The molecule has 1 saturated carbocycles. The molecule has 1 N–H and O–H groups in total. The van der Waals surface area contributed by atoms with Crippen LogP contribution in [0.1, 0.15) is 32.1 Å². The molecule has 0 radical (unpaired) electrons. The quantitative estimate of drug-likeness (QED) is 0.877. The number of urea groups is 1. The number of amides is 2. The number of anilines is 1. The summed E-state index contributed by atoms with van der Waals surface area (Å²) < 4.78 is 6.77. The first-order chi connectivity index (χ1) is 10.2. The van der Waals surface area contributed by atoms with Crippen LogP contribution in [-0.2, 0) is 11.3 Å². The van der Waals surface area contributed by atoms with Gasteiger partial charge in [0.15, 0.2) is 0 Å². The summed E-state index contributed by atoms with van der Waals surface area (Å²) in [6, 6.07) is -0.0631. The molecule has 21 heavy (non-hydrogen) atoms. The number of ether oxygens (including phenoxy) is 1. The molecule has 0 saturated heterocycles. The van der Waals surface area contributed by atoms with E-state index in [1.807, 2.05) is 13.2 Å². The van der Waals surface area contributed by atoms with Gasteiger partial charge in [-0.05, 0) is 18.8 Å². The minimum atomic E-state index is -0.0631. The van der Waals surface area contributed by atoms with Crippen LogP contribution >= 0.6 is 0 Å². The molecule has 1 aliphatic carbocycles. The van der Waals surface area contributed by atoms with Crippen molar-refractivity contribution in [2.45, 2.75) is 38.6 Å². The van der Waals surface area contributed by atoms with E-state index in [1.54, 1.807) is 22.9 Å². The van der Waals surface area contributed by atoms with E-state index >= 15 is 0 Å². The zero-order valence-electron chi connectivity index (χ0n) is 13.0. The highest BCUT2D eigenvalue weighted by atomic mass is 16.5. The summed E-state index contributed by atoms with van der Waals surface area (Å²) in [5.41, 5.74) is 0.728. The van der Waals surface area contributed by atoms with Crippen LogP contribution < -0.4 is 5.32 Å². The first-order valence-electron chi connectivity index (χ1n) is 7.72. The topological polar surface area (TPSA) is 59.4 Å². The molecular formula is C15H26N4O2. The van der Waals surface area contributed by atoms with Crippen LogP contribution in [0.5, 0.6) is 0 Å². The smallest absolute Gasteiger partial charge is 0.321 e. The van der Waals surface area contributed by atoms with Gasteiger partial charge in [0.2, 0.25) is 0 Å². The molecule has 0 unspecified atom stereocenters. The standard InChI is InChI=1S/C15H26N4O2/c1-18(11-13-6-4-3-5-7-13)15(20)17-14-10-16-19(12-14)8-9-21-2/h10,12-13H,3-9,11H2,1-2H3,(H,17,20). The van der Waals surface area contributed by atoms with Crippen LogP contribution in [0.15, 0.2) is 12.4 Å². The monoisotopic (exact) mass is 294 g/mol. The Labute approximate surface area is 126 Å². The molecule has 0 atom stereocenters. The number of carbonyl (C=O) groups excluding carboxylic acids is 1. The van der Waals surface area contributed by atoms with Crippen molar-refractivity contribution < 1.29 is 9.53 Å². The maximum Gasteiger partial charge on any atom is 0.321 e. The van der Waals surface area contributed by atoms with Gasteiger partial charge in [-0.25, -0.2) is 4.79 Å². The van der Waals surface area contributed by atoms with Crippen molar-refractivity contribution in [2.75, 3.05) is 32.6 Å². The highest BCUT2D eigenvalue weighted by molar-refractivity contribution is 5.88. The second-order valence-corrected chi connectivity index (χ2v) is 5.80. The third-order valence-electron chi connectivity index (χ3n) is 4.01. The molecule has 6 heteroatoms. The van der Waals surface area contributed by atoms with E-state index in [-0.39, 0.29) is 6.03 Å². The van der Waals surface area contributed by atoms with Gasteiger partial charge in [0.05, 0.1) is 25.0 Å². The van der Waals surface area contributed by atoms with Gasteiger partial charge < -0.3 is 15.0 Å². The predicted molar refractivity (Wildman–Crippen MR) is 82.3 cm³/mol. The first-order valence-corrected chi connectivity index (χ1v) is 7.72. The van der Waals surface area contributed by atoms with Crippen molar-refractivity contribution in [3.05, 3.63) is 12.4 Å². The van der Waals surface area contributed by atoms with Crippen molar-refractivity contribution in [3.63, 3.8) is 0 Å². The van der Waals surface area contributed by atoms with E-state index in [2.05, 4.69) is 10.4 Å². The van der Waals surface area contributed by atoms with Gasteiger partial charge in [0, 0.05) is 26.9 Å². The van der Waals surface area contributed by atoms with E-state index < -0.39 is 0 Å². The number of hydrogen-bond donors (Lipinski definition) is 1. The molecule has 0 spiro atoms. The highest BCUT2D eigenvalue weighted by Gasteiger charge is 2.18. The van der Waals surface area contributed by atoms with Crippen LogP contribution in [0.3, 0.4) is 0 Å². The fraction of sp³-hybridized carbons (Fsp3) is 0.733. The van der Waals surface area contributed by atoms with E-state index in [0.29, 0.717) is 19.1 Å². The number of hydrogen-bond acceptors (Lipinski definition) is 3. The molecule has 1 aromatic heterocycles. The van der Waals surface area contributed by atoms with Crippen molar-refractivity contribution >= 4 is 11.7 Å². The number of aromatic nitrogens is 2. The minimum absolute atomic E-state index is 0.0631. The molecule has 1 aliphatic rings. The molecule has 0 aliphatic heterocycles. The summed E-state index contributed by atoms with van der Waals surface area (Å²) >= 11 is 0. The third kappa shape index (κ3) is 5.04. The van der Waals surface area contributed by atoms with Crippen LogP contribution in [-0.4, -0.2) is 48.0 Å². The van der Waals surface area contributed by atoms with Gasteiger partial charge in [0.1, 0.15) is 0 Å². The number of carbonyl (C=O) groups is 1. The Balaban J connectivity index is 1.78. The normalized spacial score (nSPS) is 15.9. The Kier molecular flexibility index (Phi) is 6.04. The molecule has 1 aromatic rings. The molecular weight excluding hydrogens is 268 g/mol. The van der Waals surface area contributed by atoms with E-state index in [1.165, 1.54) is 32.1 Å². The van der Waals surface area contributed by atoms with Crippen LogP contribution in [0.4, 0.5) is 10.5 Å². The van der Waals surface area contributed by atoms with E-state index in [0.717, 1.165) is 12.2 Å². The average Bonchev–Trinajstić information content (AvgIpc) is 2.93. The number of methoxy groups -OCH3 is 1. The fourth-order valence-corrected chi connectivity index (χ4v) is 2.79. The molecule has 118 valence electrons. The fourth-order valence-electron chi connectivity index (χ4n) is 2.79. The average molecular weight is 294 g/mol. The van der Waals surface area contributed by atoms with E-state index in [9.17, 15) is 4.79 Å². The molecule has 2 rings (SSSR count). The lowest BCUT2D eigenvalue weighted by molar-refractivity contribution is 0.183. The lowest BCUT2D eigenvalue weighted by Gasteiger charge is -2.27. The number of rotatable bonds is 6. The molecule has 0 aromatic carbocycles. The molecule has 6 nitrogen and oxygen atoms in total. The second kappa shape index (κ2) is 8.02. The lowest BCUT2D eigenvalue weighted by Crippen LogP contribution is -2.35. The molecule has 1 fully saturated rings. The van der Waals surface area contributed by atoms with Crippen molar-refractivity contribution in [1.29, 1.82) is 0 Å². The number of nitrogens with one attached hydrogen (secondary N) is 1. The van der Waals surface area contributed by atoms with Gasteiger partial charge in [-0.1, -0.05) is 19.3 Å². The highest BCUT2D eigenvalue weighted by Crippen LogP contribution is 2.24. The van der Waals surface area contributed by atoms with Crippen molar-refractivity contribution in [3.8, 4) is 0 Å². The lowest BCUT2D eigenvalue weighted by atomic mass is 9.89. The minimum Gasteiger partial charge on any atom is -0.383 e. The van der Waals surface area contributed by atoms with Gasteiger partial charge in [-0.3, -0.25) is 4.68 Å². The maximum atomic E-state index is 12.2. The largest absolute Gasteiger partial charge is 0.383 e. The Morgan fingerprint density at radius 3 is 2.95 bits per heavy atom. The summed E-state index contributed by atoms with van der Waals surface area (Å²) in [7, 11) is 3.52. The maximum absolute atomic E-state index is 12.2. The summed E-state index contributed by atoms with van der Waals surface area (Å²) in [4.78, 5) is 13.9. The van der Waals surface area contributed by atoms with Gasteiger partial charge >= 0.3 is 6.03 Å². The summed E-state index contributed by atoms with van der Waals surface area (Å²) in [5.74, 6) is 0.652. The van der Waals surface area contributed by atoms with Crippen molar-refractivity contribution in [2.24, 2.45) is 5.92 Å². The zero-order valence-corrected chi connectivity index (χ0v) is 13.0. The molecule has 2 amide bonds. The summed E-state index contributed by atoms with van der Waals surface area (Å²) in [5, 5.41) is 7.08.